The Hall–Kier alpha value is -6.06. The molecule has 1 aromatic heterocycles. The summed E-state index contributed by atoms with van der Waals surface area (Å²) >= 11 is 0. The van der Waals surface area contributed by atoms with E-state index in [1.807, 2.05) is 24.3 Å². The average molecular weight is 616 g/mol. The number of rotatable bonds is 4. The molecule has 7 aromatic rings. The van der Waals surface area contributed by atoms with Gasteiger partial charge in [0.15, 0.2) is 0 Å². The smallest absolute Gasteiger partial charge is 0.0887 e. The molecule has 9 rings (SSSR count). The van der Waals surface area contributed by atoms with Crippen LogP contribution in [0.1, 0.15) is 30.5 Å². The summed E-state index contributed by atoms with van der Waals surface area (Å²) in [6.07, 6.45) is 9.69. The van der Waals surface area contributed by atoms with E-state index >= 15 is 0 Å². The van der Waals surface area contributed by atoms with Gasteiger partial charge in [0.2, 0.25) is 0 Å². The number of fused-ring (bicyclic) bond motifs is 9. The van der Waals surface area contributed by atoms with Crippen LogP contribution in [0.5, 0.6) is 0 Å². The topological polar surface area (TPSA) is 41.1 Å². The number of hydrogen-bond acceptors (Lipinski definition) is 2. The third-order valence-corrected chi connectivity index (χ3v) is 10.0. The fourth-order valence-corrected chi connectivity index (χ4v) is 7.82. The Labute approximate surface area is 280 Å². The third-order valence-electron chi connectivity index (χ3n) is 10.0. The molecule has 0 radical (unpaired) electrons. The second-order valence-electron chi connectivity index (χ2n) is 13.2. The number of aromatic nitrogens is 1. The first-order valence-electron chi connectivity index (χ1n) is 16.5. The van der Waals surface area contributed by atoms with E-state index < -0.39 is 0 Å². The van der Waals surface area contributed by atoms with Gasteiger partial charge in [0.25, 0.3) is 0 Å². The summed E-state index contributed by atoms with van der Waals surface area (Å²) < 4.78 is 2.29. The van der Waals surface area contributed by atoms with E-state index in [4.69, 9.17) is 10.4 Å². The van der Waals surface area contributed by atoms with Crippen molar-refractivity contribution in [3.63, 3.8) is 0 Å². The zero-order valence-corrected chi connectivity index (χ0v) is 26.9. The summed E-state index contributed by atoms with van der Waals surface area (Å²) in [5.41, 5.74) is 12.7. The minimum atomic E-state index is -0.100. The summed E-state index contributed by atoms with van der Waals surface area (Å²) in [5.74, 6) is 0. The summed E-state index contributed by atoms with van der Waals surface area (Å²) in [4.78, 5) is 5.16. The Balaban J connectivity index is 1.31. The summed E-state index contributed by atoms with van der Waals surface area (Å²) in [6, 6.07) is 45.7. The Morgan fingerprint density at radius 3 is 2.27 bits per heavy atom. The van der Waals surface area contributed by atoms with Crippen LogP contribution in [-0.2, 0) is 5.41 Å². The molecule has 0 fully saturated rings. The SMILES string of the molecule is CC1(C)c2ccccc2-c2ccc3c(ccc4c3c3ccccc3n4/C=C(/N=C3/C=CC=CC3=N)c3cccc(-c4ccccc4)c3)c21. The third kappa shape index (κ3) is 4.28. The highest BCUT2D eigenvalue weighted by atomic mass is 15.0. The Morgan fingerprint density at radius 1 is 0.646 bits per heavy atom. The molecule has 1 N–H and O–H groups in total. The molecule has 0 spiro atoms. The zero-order valence-electron chi connectivity index (χ0n) is 26.9. The molecule has 2 aliphatic rings. The number of nitrogens with one attached hydrogen (secondary N) is 1. The number of nitrogens with zero attached hydrogens (tertiary/aromatic N) is 2. The summed E-state index contributed by atoms with van der Waals surface area (Å²) in [5, 5.41) is 13.6. The molecule has 3 heteroatoms. The lowest BCUT2D eigenvalue weighted by molar-refractivity contribution is 0.666. The van der Waals surface area contributed by atoms with Crippen LogP contribution < -0.4 is 0 Å². The molecule has 0 atom stereocenters. The molecule has 0 saturated heterocycles. The number of benzene rings is 6. The van der Waals surface area contributed by atoms with Gasteiger partial charge in [-0.2, -0.15) is 0 Å². The molecular formula is C45H33N3. The highest BCUT2D eigenvalue weighted by molar-refractivity contribution is 6.50. The maximum atomic E-state index is 8.62. The van der Waals surface area contributed by atoms with Crippen LogP contribution in [0, 0.1) is 5.41 Å². The van der Waals surface area contributed by atoms with E-state index in [1.54, 1.807) is 6.08 Å². The van der Waals surface area contributed by atoms with Gasteiger partial charge in [-0.05, 0) is 74.5 Å². The largest absolute Gasteiger partial charge is 0.314 e. The highest BCUT2D eigenvalue weighted by Crippen LogP contribution is 2.52. The van der Waals surface area contributed by atoms with E-state index in [0.717, 1.165) is 33.4 Å². The fraction of sp³-hybridized carbons (Fsp3) is 0.0667. The van der Waals surface area contributed by atoms with Crippen LogP contribution >= 0.6 is 0 Å². The van der Waals surface area contributed by atoms with E-state index in [-0.39, 0.29) is 5.41 Å². The Morgan fingerprint density at radius 2 is 1.40 bits per heavy atom. The summed E-state index contributed by atoms with van der Waals surface area (Å²) in [6.45, 7) is 4.71. The van der Waals surface area contributed by atoms with Gasteiger partial charge in [-0.25, -0.2) is 4.99 Å². The van der Waals surface area contributed by atoms with Crippen LogP contribution in [0.3, 0.4) is 0 Å². The molecule has 48 heavy (non-hydrogen) atoms. The number of aliphatic imine (C=N–C) groups is 1. The lowest BCUT2D eigenvalue weighted by Crippen LogP contribution is -2.15. The van der Waals surface area contributed by atoms with E-state index in [2.05, 4.69) is 146 Å². The van der Waals surface area contributed by atoms with Crippen molar-refractivity contribution in [1.82, 2.24) is 4.57 Å². The van der Waals surface area contributed by atoms with Crippen LogP contribution in [0.25, 0.3) is 66.7 Å². The van der Waals surface area contributed by atoms with Crippen molar-refractivity contribution in [2.45, 2.75) is 19.3 Å². The lowest BCUT2D eigenvalue weighted by atomic mass is 9.80. The molecule has 0 bridgehead atoms. The van der Waals surface area contributed by atoms with Crippen molar-refractivity contribution in [2.75, 3.05) is 0 Å². The molecule has 0 aliphatic heterocycles. The highest BCUT2D eigenvalue weighted by Gasteiger charge is 2.36. The van der Waals surface area contributed by atoms with Gasteiger partial charge in [0, 0.05) is 28.0 Å². The van der Waals surface area contributed by atoms with Gasteiger partial charge < -0.3 is 4.57 Å². The van der Waals surface area contributed by atoms with Gasteiger partial charge in [-0.3, -0.25) is 5.41 Å². The van der Waals surface area contributed by atoms with Gasteiger partial charge >= 0.3 is 0 Å². The first-order valence-corrected chi connectivity index (χ1v) is 16.5. The number of hydrogen-bond donors (Lipinski definition) is 1. The molecule has 1 heterocycles. The van der Waals surface area contributed by atoms with Gasteiger partial charge in [0.05, 0.1) is 28.2 Å². The van der Waals surface area contributed by atoms with Crippen molar-refractivity contribution < 1.29 is 0 Å². The molecular weight excluding hydrogens is 583 g/mol. The maximum Gasteiger partial charge on any atom is 0.0887 e. The standard InChI is InChI=1S/C45H33N3/c1-45(2)37-19-8-6-17-32(37)34-24-23-33-35(44(34)45)25-26-42-43(33)36-18-7-11-22-41(36)48(42)28-40(47-39-21-10-9-20-38(39)46)31-16-12-15-30(27-31)29-13-4-3-5-14-29/h3-28,46H,1-2H3/b40-28+,46-38?,47-39-. The minimum Gasteiger partial charge on any atom is -0.314 e. The van der Waals surface area contributed by atoms with Crippen molar-refractivity contribution in [3.8, 4) is 22.3 Å². The van der Waals surface area contributed by atoms with Crippen LogP contribution in [-0.4, -0.2) is 16.0 Å². The van der Waals surface area contributed by atoms with Crippen LogP contribution in [0.2, 0.25) is 0 Å². The predicted molar refractivity (Wildman–Crippen MR) is 204 cm³/mol. The average Bonchev–Trinajstić information content (AvgIpc) is 3.57. The molecule has 0 saturated carbocycles. The lowest BCUT2D eigenvalue weighted by Gasteiger charge is -2.23. The number of para-hydroxylation sites is 1. The molecule has 228 valence electrons. The first kappa shape index (κ1) is 28.2. The monoisotopic (exact) mass is 615 g/mol. The van der Waals surface area contributed by atoms with Gasteiger partial charge in [0.1, 0.15) is 0 Å². The van der Waals surface area contributed by atoms with Crippen LogP contribution in [0.15, 0.2) is 157 Å². The normalized spacial score (nSPS) is 15.9. The van der Waals surface area contributed by atoms with Crippen LogP contribution in [0.4, 0.5) is 0 Å². The van der Waals surface area contributed by atoms with Crippen molar-refractivity contribution in [2.24, 2.45) is 4.99 Å². The van der Waals surface area contributed by atoms with Crippen molar-refractivity contribution in [1.29, 1.82) is 5.41 Å². The zero-order chi connectivity index (χ0) is 32.4. The first-order chi connectivity index (χ1) is 23.5. The predicted octanol–water partition coefficient (Wildman–Crippen LogP) is 11.5. The molecule has 6 aromatic carbocycles. The van der Waals surface area contributed by atoms with Crippen molar-refractivity contribution >= 4 is 55.9 Å². The minimum absolute atomic E-state index is 0.100. The van der Waals surface area contributed by atoms with E-state index in [0.29, 0.717) is 11.4 Å². The Bertz CT molecular complexity index is 2590. The molecule has 0 unspecified atom stereocenters. The maximum absolute atomic E-state index is 8.62. The molecule has 0 amide bonds. The van der Waals surface area contributed by atoms with Gasteiger partial charge in [-0.1, -0.05) is 135 Å². The summed E-state index contributed by atoms with van der Waals surface area (Å²) in [7, 11) is 0. The second kappa shape index (κ2) is 10.8. The van der Waals surface area contributed by atoms with Gasteiger partial charge in [-0.15, -0.1) is 0 Å². The quantitative estimate of drug-likeness (QED) is 0.191. The Kier molecular flexibility index (Phi) is 6.31. The second-order valence-corrected chi connectivity index (χ2v) is 13.2. The number of allylic oxidation sites excluding steroid dienone is 4. The van der Waals surface area contributed by atoms with E-state index in [1.165, 1.54) is 43.8 Å². The molecule has 2 aliphatic carbocycles. The fourth-order valence-electron chi connectivity index (χ4n) is 7.82. The van der Waals surface area contributed by atoms with E-state index in [9.17, 15) is 0 Å². The molecule has 3 nitrogen and oxygen atoms in total. The van der Waals surface area contributed by atoms with Crippen molar-refractivity contribution in [3.05, 3.63) is 168 Å².